The van der Waals surface area contributed by atoms with Crippen molar-refractivity contribution in [2.24, 2.45) is 5.73 Å². The van der Waals surface area contributed by atoms with Gasteiger partial charge in [0.25, 0.3) is 0 Å². The van der Waals surface area contributed by atoms with Crippen molar-refractivity contribution >= 4 is 10.9 Å². The fourth-order valence-corrected chi connectivity index (χ4v) is 5.15. The van der Waals surface area contributed by atoms with Gasteiger partial charge in [-0.05, 0) is 54.8 Å². The first-order chi connectivity index (χ1) is 18.4. The second-order valence-corrected chi connectivity index (χ2v) is 10.3. The van der Waals surface area contributed by atoms with Gasteiger partial charge < -0.3 is 20.9 Å². The van der Waals surface area contributed by atoms with Crippen LogP contribution < -0.4 is 11.1 Å². The number of nitrogens with one attached hydrogen (secondary N) is 2. The first-order valence-electron chi connectivity index (χ1n) is 13.3. The molecule has 5 nitrogen and oxygen atoms in total. The zero-order valence-corrected chi connectivity index (χ0v) is 21.8. The van der Waals surface area contributed by atoms with Crippen LogP contribution in [0.5, 0.6) is 0 Å². The lowest BCUT2D eigenvalue weighted by Gasteiger charge is -2.30. The number of hydrogen-bond donors (Lipinski definition) is 3. The number of aromatic nitrogens is 2. The van der Waals surface area contributed by atoms with E-state index in [0.29, 0.717) is 11.6 Å². The molecular weight excluding hydrogens is 473 g/mol. The highest BCUT2D eigenvalue weighted by Gasteiger charge is 2.42. The molecule has 0 radical (unpaired) electrons. The van der Waals surface area contributed by atoms with E-state index in [1.807, 2.05) is 6.07 Å². The average Bonchev–Trinajstić information content (AvgIpc) is 3.31. The number of likely N-dealkylation sites (tertiary alicyclic amines) is 1. The van der Waals surface area contributed by atoms with Crippen LogP contribution in [0.1, 0.15) is 42.5 Å². The SMILES string of the molecule is C=C(NCc1ccccc1)C1CCCN1C(=C)Cc1cc2ccccc2[nH]1.NC1(c2cccnc2F)CC1. The Morgan fingerprint density at radius 3 is 2.58 bits per heavy atom. The molecule has 2 fully saturated rings. The van der Waals surface area contributed by atoms with Crippen molar-refractivity contribution in [3.8, 4) is 0 Å². The summed E-state index contributed by atoms with van der Waals surface area (Å²) in [5.41, 5.74) is 11.9. The molecule has 1 saturated carbocycles. The van der Waals surface area contributed by atoms with E-state index in [1.165, 1.54) is 34.8 Å². The zero-order chi connectivity index (χ0) is 26.5. The summed E-state index contributed by atoms with van der Waals surface area (Å²) in [6.45, 7) is 10.6. The number of pyridine rings is 1. The lowest BCUT2D eigenvalue weighted by molar-refractivity contribution is 0.337. The van der Waals surface area contributed by atoms with Gasteiger partial charge >= 0.3 is 0 Å². The van der Waals surface area contributed by atoms with Gasteiger partial charge in [-0.1, -0.05) is 67.8 Å². The van der Waals surface area contributed by atoms with Gasteiger partial charge in [-0.15, -0.1) is 0 Å². The summed E-state index contributed by atoms with van der Waals surface area (Å²) in [6.07, 6.45) is 6.34. The van der Waals surface area contributed by atoms with Crippen LogP contribution in [-0.2, 0) is 18.5 Å². The molecule has 2 aromatic carbocycles. The third kappa shape index (κ3) is 5.97. The number of rotatable bonds is 8. The normalized spacial score (nSPS) is 17.5. The summed E-state index contributed by atoms with van der Waals surface area (Å²) in [5, 5.41) is 4.78. The summed E-state index contributed by atoms with van der Waals surface area (Å²) in [4.78, 5) is 9.48. The Bertz CT molecular complexity index is 1370. The largest absolute Gasteiger partial charge is 0.383 e. The van der Waals surface area contributed by atoms with Gasteiger partial charge in [0.2, 0.25) is 5.95 Å². The minimum Gasteiger partial charge on any atom is -0.383 e. The van der Waals surface area contributed by atoms with Crippen LogP contribution in [0.15, 0.2) is 104 Å². The van der Waals surface area contributed by atoms with Crippen LogP contribution in [0.4, 0.5) is 4.39 Å². The zero-order valence-electron chi connectivity index (χ0n) is 21.8. The molecule has 1 aliphatic heterocycles. The third-order valence-electron chi connectivity index (χ3n) is 7.49. The van der Waals surface area contributed by atoms with Crippen molar-refractivity contribution in [2.45, 2.75) is 50.2 Å². The number of aromatic amines is 1. The first-order valence-corrected chi connectivity index (χ1v) is 13.3. The van der Waals surface area contributed by atoms with Crippen LogP contribution >= 0.6 is 0 Å². The molecule has 4 N–H and O–H groups in total. The fourth-order valence-electron chi connectivity index (χ4n) is 5.15. The summed E-state index contributed by atoms with van der Waals surface area (Å²) in [6, 6.07) is 24.9. The van der Waals surface area contributed by atoms with Gasteiger partial charge in [0.05, 0.1) is 6.04 Å². The molecular formula is C32H36FN5. The average molecular weight is 510 g/mol. The molecule has 196 valence electrons. The van der Waals surface area contributed by atoms with Crippen molar-refractivity contribution in [3.63, 3.8) is 0 Å². The maximum atomic E-state index is 12.9. The maximum absolute atomic E-state index is 12.9. The number of nitrogens with zero attached hydrogens (tertiary/aromatic N) is 2. The highest BCUT2D eigenvalue weighted by Crippen LogP contribution is 2.43. The smallest absolute Gasteiger partial charge is 0.217 e. The van der Waals surface area contributed by atoms with Gasteiger partial charge in [0.1, 0.15) is 0 Å². The Balaban J connectivity index is 0.000000222. The molecule has 4 aromatic rings. The first kappa shape index (κ1) is 25.7. The van der Waals surface area contributed by atoms with Crippen LogP contribution in [0, 0.1) is 5.95 Å². The van der Waals surface area contributed by atoms with Gasteiger partial charge in [0, 0.05) is 59.4 Å². The predicted octanol–water partition coefficient (Wildman–Crippen LogP) is 6.16. The van der Waals surface area contributed by atoms with Gasteiger partial charge in [0.15, 0.2) is 0 Å². The summed E-state index contributed by atoms with van der Waals surface area (Å²) >= 11 is 0. The van der Waals surface area contributed by atoms with E-state index < -0.39 is 11.5 Å². The molecule has 2 aliphatic rings. The van der Waals surface area contributed by atoms with Crippen LogP contribution in [0.2, 0.25) is 0 Å². The highest BCUT2D eigenvalue weighted by atomic mass is 19.1. The monoisotopic (exact) mass is 509 g/mol. The lowest BCUT2D eigenvalue weighted by Crippen LogP contribution is -2.35. The topological polar surface area (TPSA) is 70.0 Å². The molecule has 0 amide bonds. The number of benzene rings is 2. The fraction of sp³-hybridized carbons (Fsp3) is 0.281. The lowest BCUT2D eigenvalue weighted by atomic mass is 10.1. The van der Waals surface area contributed by atoms with Crippen molar-refractivity contribution < 1.29 is 4.39 Å². The molecule has 38 heavy (non-hydrogen) atoms. The van der Waals surface area contributed by atoms with Crippen molar-refractivity contribution in [1.29, 1.82) is 0 Å². The molecule has 6 heteroatoms. The van der Waals surface area contributed by atoms with Crippen molar-refractivity contribution in [2.75, 3.05) is 6.54 Å². The van der Waals surface area contributed by atoms with Crippen molar-refractivity contribution in [1.82, 2.24) is 20.2 Å². The molecule has 0 spiro atoms. The molecule has 2 aromatic heterocycles. The molecule has 1 unspecified atom stereocenters. The number of H-pyrrole nitrogens is 1. The second kappa shape index (κ2) is 11.2. The molecule has 6 rings (SSSR count). The van der Waals surface area contributed by atoms with E-state index >= 15 is 0 Å². The predicted molar refractivity (Wildman–Crippen MR) is 153 cm³/mol. The standard InChI is InChI=1S/C24H27N3.C8H9FN2/c1-18(15-22-16-21-11-6-7-12-23(21)26-22)27-14-8-13-24(27)19(2)25-17-20-9-4-3-5-10-20;9-7-6(2-1-5-11-7)8(10)3-4-8/h3-7,9-12,16,24-26H,1-2,8,13-15,17H2;1-2,5H,3-4,10H2. The molecule has 1 atom stereocenters. The van der Waals surface area contributed by atoms with Gasteiger partial charge in [-0.3, -0.25) is 0 Å². The number of para-hydroxylation sites is 1. The van der Waals surface area contributed by atoms with E-state index in [0.717, 1.165) is 50.2 Å². The third-order valence-corrected chi connectivity index (χ3v) is 7.49. The Morgan fingerprint density at radius 1 is 1.08 bits per heavy atom. The Hall–Kier alpha value is -3.90. The Kier molecular flexibility index (Phi) is 7.61. The summed E-state index contributed by atoms with van der Waals surface area (Å²) in [7, 11) is 0. The van der Waals surface area contributed by atoms with Gasteiger partial charge in [-0.25, -0.2) is 4.98 Å². The van der Waals surface area contributed by atoms with E-state index in [1.54, 1.807) is 12.1 Å². The molecule has 1 aliphatic carbocycles. The molecule has 0 bridgehead atoms. The Labute approximate surface area is 224 Å². The summed E-state index contributed by atoms with van der Waals surface area (Å²) in [5.74, 6) is -0.424. The van der Waals surface area contributed by atoms with Crippen LogP contribution in [-0.4, -0.2) is 27.5 Å². The maximum Gasteiger partial charge on any atom is 0.217 e. The van der Waals surface area contributed by atoms with E-state index in [-0.39, 0.29) is 0 Å². The molecule has 1 saturated heterocycles. The van der Waals surface area contributed by atoms with E-state index in [4.69, 9.17) is 5.73 Å². The van der Waals surface area contributed by atoms with Gasteiger partial charge in [-0.2, -0.15) is 4.39 Å². The van der Waals surface area contributed by atoms with E-state index in [9.17, 15) is 4.39 Å². The highest BCUT2D eigenvalue weighted by molar-refractivity contribution is 5.80. The van der Waals surface area contributed by atoms with Crippen LogP contribution in [0.25, 0.3) is 10.9 Å². The number of halogens is 1. The number of allylic oxidation sites excluding steroid dienone is 1. The Morgan fingerprint density at radius 2 is 1.84 bits per heavy atom. The number of nitrogens with two attached hydrogens (primary N) is 1. The minimum atomic E-state index is -0.424. The van der Waals surface area contributed by atoms with Crippen molar-refractivity contribution in [3.05, 3.63) is 126 Å². The second-order valence-electron chi connectivity index (χ2n) is 10.3. The minimum absolute atomic E-state index is 0.325. The quantitative estimate of drug-likeness (QED) is 0.249. The van der Waals surface area contributed by atoms with Crippen LogP contribution in [0.3, 0.4) is 0 Å². The number of fused-ring (bicyclic) bond motifs is 1. The summed E-state index contributed by atoms with van der Waals surface area (Å²) < 4.78 is 12.9. The number of hydrogen-bond acceptors (Lipinski definition) is 4. The molecule has 3 heterocycles. The van der Waals surface area contributed by atoms with E-state index in [2.05, 4.69) is 87.9 Å².